The molecule has 138 valence electrons. The predicted octanol–water partition coefficient (Wildman–Crippen LogP) is 4.62. The highest BCUT2D eigenvalue weighted by atomic mass is 32.1. The molecule has 1 aromatic heterocycles. The molecule has 0 atom stereocenters. The summed E-state index contributed by atoms with van der Waals surface area (Å²) in [5.41, 5.74) is 1.42. The fourth-order valence-corrected chi connectivity index (χ4v) is 4.43. The molecule has 2 amide bonds. The number of non-ortho nitro benzene ring substituents is 1. The molecule has 8 heteroatoms. The first-order chi connectivity index (χ1) is 13.1. The van der Waals surface area contributed by atoms with Gasteiger partial charge in [-0.05, 0) is 31.0 Å². The first-order valence-electron chi connectivity index (χ1n) is 8.76. The number of para-hydroxylation sites is 1. The summed E-state index contributed by atoms with van der Waals surface area (Å²) in [5, 5.41) is 14.7. The molecule has 1 aliphatic heterocycles. The van der Waals surface area contributed by atoms with E-state index in [4.69, 9.17) is 4.98 Å². The fraction of sp³-hybridized carbons (Fsp3) is 0.263. The number of carbonyl (C=O) groups excluding carboxylic acids is 1. The van der Waals surface area contributed by atoms with Gasteiger partial charge in [0.2, 0.25) is 0 Å². The molecule has 1 N–H and O–H groups in total. The maximum Gasteiger partial charge on any atom is 0.321 e. The predicted molar refractivity (Wildman–Crippen MR) is 105 cm³/mol. The van der Waals surface area contributed by atoms with Crippen LogP contribution in [0.3, 0.4) is 0 Å². The molecule has 0 aliphatic carbocycles. The highest BCUT2D eigenvalue weighted by molar-refractivity contribution is 7.18. The van der Waals surface area contributed by atoms with Crippen LogP contribution in [0.2, 0.25) is 0 Å². The van der Waals surface area contributed by atoms with E-state index in [9.17, 15) is 14.9 Å². The van der Waals surface area contributed by atoms with Gasteiger partial charge in [0.1, 0.15) is 0 Å². The largest absolute Gasteiger partial charge is 0.324 e. The Hall–Kier alpha value is -3.00. The lowest BCUT2D eigenvalue weighted by Gasteiger charge is -2.31. The summed E-state index contributed by atoms with van der Waals surface area (Å²) in [7, 11) is 0. The second-order valence-corrected chi connectivity index (χ2v) is 7.58. The Labute approximate surface area is 159 Å². The van der Waals surface area contributed by atoms with Gasteiger partial charge in [0, 0.05) is 36.8 Å². The molecule has 27 heavy (non-hydrogen) atoms. The molecule has 7 nitrogen and oxygen atoms in total. The van der Waals surface area contributed by atoms with Gasteiger partial charge in [-0.1, -0.05) is 18.2 Å². The van der Waals surface area contributed by atoms with Crippen molar-refractivity contribution in [1.29, 1.82) is 0 Å². The molecule has 2 aromatic carbocycles. The zero-order valence-corrected chi connectivity index (χ0v) is 15.3. The van der Waals surface area contributed by atoms with Gasteiger partial charge in [-0.15, -0.1) is 11.3 Å². The molecule has 0 spiro atoms. The SMILES string of the molecule is O=C(Nc1cccc([N+](=O)[O-])c1)N1CCC(c2nc3ccccc3s2)CC1. The highest BCUT2D eigenvalue weighted by Crippen LogP contribution is 2.34. The molecule has 3 aromatic rings. The molecule has 1 aliphatic rings. The summed E-state index contributed by atoms with van der Waals surface area (Å²) >= 11 is 1.73. The van der Waals surface area contributed by atoms with Gasteiger partial charge in [0.15, 0.2) is 0 Å². The second kappa shape index (κ2) is 7.32. The minimum atomic E-state index is -0.473. The summed E-state index contributed by atoms with van der Waals surface area (Å²) in [6.07, 6.45) is 1.73. The Morgan fingerprint density at radius 2 is 1.96 bits per heavy atom. The number of benzene rings is 2. The Morgan fingerprint density at radius 3 is 2.70 bits per heavy atom. The average Bonchev–Trinajstić information content (AvgIpc) is 3.12. The number of hydrogen-bond donors (Lipinski definition) is 1. The van der Waals surface area contributed by atoms with Gasteiger partial charge in [-0.2, -0.15) is 0 Å². The molecule has 4 rings (SSSR count). The molecule has 0 unspecified atom stereocenters. The van der Waals surface area contributed by atoms with Crippen molar-refractivity contribution in [1.82, 2.24) is 9.88 Å². The molecule has 0 bridgehead atoms. The second-order valence-electron chi connectivity index (χ2n) is 6.52. The summed E-state index contributed by atoms with van der Waals surface area (Å²) in [6, 6.07) is 13.9. The maximum atomic E-state index is 12.5. The van der Waals surface area contributed by atoms with Crippen LogP contribution in [0.25, 0.3) is 10.2 Å². The van der Waals surface area contributed by atoms with Crippen LogP contribution in [0, 0.1) is 10.1 Å². The number of nitrogens with one attached hydrogen (secondary N) is 1. The van der Waals surface area contributed by atoms with Crippen molar-refractivity contribution in [3.05, 3.63) is 63.7 Å². The number of nitrogens with zero attached hydrogens (tertiary/aromatic N) is 3. The van der Waals surface area contributed by atoms with Gasteiger partial charge >= 0.3 is 6.03 Å². The smallest absolute Gasteiger partial charge is 0.321 e. The molecule has 1 fully saturated rings. The Bertz CT molecular complexity index is 962. The minimum absolute atomic E-state index is 0.0395. The van der Waals surface area contributed by atoms with Gasteiger partial charge in [-0.3, -0.25) is 10.1 Å². The Morgan fingerprint density at radius 1 is 1.19 bits per heavy atom. The third-order valence-corrected chi connectivity index (χ3v) is 5.95. The van der Waals surface area contributed by atoms with Crippen molar-refractivity contribution < 1.29 is 9.72 Å². The molecular weight excluding hydrogens is 364 g/mol. The van der Waals surface area contributed by atoms with Gasteiger partial charge in [0.05, 0.1) is 20.1 Å². The van der Waals surface area contributed by atoms with Crippen molar-refractivity contribution in [2.45, 2.75) is 18.8 Å². The number of anilines is 1. The zero-order valence-electron chi connectivity index (χ0n) is 14.5. The third-order valence-electron chi connectivity index (χ3n) is 4.75. The van der Waals surface area contributed by atoms with Gasteiger partial charge in [-0.25, -0.2) is 9.78 Å². The summed E-state index contributed by atoms with van der Waals surface area (Å²) in [4.78, 5) is 29.3. The van der Waals surface area contributed by atoms with Gasteiger partial charge < -0.3 is 10.2 Å². The van der Waals surface area contributed by atoms with E-state index in [0.29, 0.717) is 24.7 Å². The number of nitro groups is 1. The van der Waals surface area contributed by atoms with E-state index in [-0.39, 0.29) is 11.7 Å². The molecule has 0 saturated carbocycles. The van der Waals surface area contributed by atoms with Crippen LogP contribution >= 0.6 is 11.3 Å². The number of likely N-dealkylation sites (tertiary alicyclic amines) is 1. The van der Waals surface area contributed by atoms with Crippen molar-refractivity contribution in [2.24, 2.45) is 0 Å². The van der Waals surface area contributed by atoms with Crippen LogP contribution in [-0.2, 0) is 0 Å². The quantitative estimate of drug-likeness (QED) is 0.529. The Kier molecular flexibility index (Phi) is 4.72. The van der Waals surface area contributed by atoms with Crippen LogP contribution in [-0.4, -0.2) is 33.9 Å². The standard InChI is InChI=1S/C19H18N4O3S/c24-19(20-14-4-3-5-15(12-14)23(25)26)22-10-8-13(9-11-22)18-21-16-6-1-2-7-17(16)27-18/h1-7,12-13H,8-11H2,(H,20,24). The third kappa shape index (κ3) is 3.75. The van der Waals surface area contributed by atoms with Crippen molar-refractivity contribution in [2.75, 3.05) is 18.4 Å². The number of nitro benzene ring substituents is 1. The number of aromatic nitrogens is 1. The van der Waals surface area contributed by atoms with E-state index < -0.39 is 4.92 Å². The number of carbonyl (C=O) groups is 1. The topological polar surface area (TPSA) is 88.4 Å². The maximum absolute atomic E-state index is 12.5. The lowest BCUT2D eigenvalue weighted by atomic mass is 9.98. The summed E-state index contributed by atoms with van der Waals surface area (Å²) < 4.78 is 1.19. The molecule has 0 radical (unpaired) electrons. The Balaban J connectivity index is 1.38. The van der Waals surface area contributed by atoms with E-state index >= 15 is 0 Å². The van der Waals surface area contributed by atoms with Crippen LogP contribution in [0.4, 0.5) is 16.2 Å². The van der Waals surface area contributed by atoms with E-state index in [1.165, 1.54) is 16.8 Å². The van der Waals surface area contributed by atoms with E-state index in [2.05, 4.69) is 11.4 Å². The summed E-state index contributed by atoms with van der Waals surface area (Å²) in [6.45, 7) is 1.28. The number of fused-ring (bicyclic) bond motifs is 1. The van der Waals surface area contributed by atoms with Gasteiger partial charge in [0.25, 0.3) is 5.69 Å². The first kappa shape index (κ1) is 17.4. The average molecular weight is 382 g/mol. The number of rotatable bonds is 3. The van der Waals surface area contributed by atoms with E-state index in [0.717, 1.165) is 23.4 Å². The van der Waals surface area contributed by atoms with Crippen molar-refractivity contribution in [3.8, 4) is 0 Å². The number of piperidine rings is 1. The minimum Gasteiger partial charge on any atom is -0.324 e. The first-order valence-corrected chi connectivity index (χ1v) is 9.57. The zero-order chi connectivity index (χ0) is 18.8. The number of hydrogen-bond acceptors (Lipinski definition) is 5. The van der Waals surface area contributed by atoms with Crippen LogP contribution in [0.1, 0.15) is 23.8 Å². The fourth-order valence-electron chi connectivity index (χ4n) is 3.29. The molecule has 2 heterocycles. The monoisotopic (exact) mass is 382 g/mol. The summed E-state index contributed by atoms with van der Waals surface area (Å²) in [5.74, 6) is 0.365. The molecule has 1 saturated heterocycles. The van der Waals surface area contributed by atoms with E-state index in [1.807, 2.05) is 18.2 Å². The number of thiazole rings is 1. The lowest BCUT2D eigenvalue weighted by molar-refractivity contribution is -0.384. The van der Waals surface area contributed by atoms with Crippen LogP contribution in [0.5, 0.6) is 0 Å². The number of amides is 2. The van der Waals surface area contributed by atoms with Crippen molar-refractivity contribution in [3.63, 3.8) is 0 Å². The normalized spacial score (nSPS) is 15.0. The number of urea groups is 1. The highest BCUT2D eigenvalue weighted by Gasteiger charge is 2.26. The molecular formula is C19H18N4O3S. The van der Waals surface area contributed by atoms with Crippen LogP contribution < -0.4 is 5.32 Å². The lowest BCUT2D eigenvalue weighted by Crippen LogP contribution is -2.40. The van der Waals surface area contributed by atoms with E-state index in [1.54, 1.807) is 28.4 Å². The van der Waals surface area contributed by atoms with Crippen molar-refractivity contribution >= 4 is 39.0 Å². The van der Waals surface area contributed by atoms with Crippen LogP contribution in [0.15, 0.2) is 48.5 Å².